The Hall–Kier alpha value is -0.830. The Morgan fingerprint density at radius 3 is 2.89 bits per heavy atom. The summed E-state index contributed by atoms with van der Waals surface area (Å²) in [6.07, 6.45) is 6.15. The Bertz CT molecular complexity index is 442. The molecule has 0 aliphatic heterocycles. The number of hydrogen-bond acceptors (Lipinski definition) is 2. The van der Waals surface area contributed by atoms with E-state index in [4.69, 9.17) is 4.74 Å². The summed E-state index contributed by atoms with van der Waals surface area (Å²) in [6, 6.07) is 6.23. The molecule has 0 radical (unpaired) electrons. The third-order valence-corrected chi connectivity index (χ3v) is 4.46. The van der Waals surface area contributed by atoms with E-state index in [1.54, 1.807) is 7.11 Å². The van der Waals surface area contributed by atoms with Crippen molar-refractivity contribution in [1.29, 1.82) is 0 Å². The summed E-state index contributed by atoms with van der Waals surface area (Å²) in [4.78, 5) is 4.47. The zero-order chi connectivity index (χ0) is 13.0. The average molecular weight is 310 g/mol. The second-order valence-corrected chi connectivity index (χ2v) is 5.67. The molecule has 1 fully saturated rings. The van der Waals surface area contributed by atoms with Gasteiger partial charge in [-0.2, -0.15) is 0 Å². The van der Waals surface area contributed by atoms with E-state index in [0.29, 0.717) is 5.92 Å². The predicted octanol–water partition coefficient (Wildman–Crippen LogP) is 4.26. The molecule has 0 heterocycles. The van der Waals surface area contributed by atoms with E-state index < -0.39 is 0 Å². The first kappa shape index (κ1) is 13.6. The van der Waals surface area contributed by atoms with Crippen LogP contribution in [0.15, 0.2) is 27.7 Å². The number of methoxy groups -OCH3 is 1. The monoisotopic (exact) mass is 309 g/mol. The molecule has 0 amide bonds. The van der Waals surface area contributed by atoms with E-state index in [0.717, 1.165) is 16.6 Å². The highest BCUT2D eigenvalue weighted by Gasteiger charge is 2.21. The van der Waals surface area contributed by atoms with Crippen molar-refractivity contribution in [1.82, 2.24) is 0 Å². The summed E-state index contributed by atoms with van der Waals surface area (Å²) < 4.78 is 6.37. The molecule has 0 spiro atoms. The Morgan fingerprint density at radius 1 is 1.39 bits per heavy atom. The Labute approximate surface area is 118 Å². The highest BCUT2D eigenvalue weighted by atomic mass is 79.9. The number of hydrogen-bond donors (Lipinski definition) is 0. The molecular weight excluding hydrogens is 290 g/mol. The number of halogens is 1. The number of ether oxygens (including phenoxy) is 1. The maximum Gasteiger partial charge on any atom is 0.120 e. The minimum atomic E-state index is 0.619. The number of nitrogens with zero attached hydrogens (tertiary/aromatic N) is 1. The molecule has 1 aromatic rings. The van der Waals surface area contributed by atoms with Crippen molar-refractivity contribution in [3.63, 3.8) is 0 Å². The molecule has 1 atom stereocenters. The van der Waals surface area contributed by atoms with Gasteiger partial charge in [0.15, 0.2) is 0 Å². The van der Waals surface area contributed by atoms with Gasteiger partial charge >= 0.3 is 0 Å². The summed E-state index contributed by atoms with van der Waals surface area (Å²) in [5.41, 5.74) is 2.74. The Balaban J connectivity index is 2.13. The molecule has 18 heavy (non-hydrogen) atoms. The highest BCUT2D eigenvalue weighted by molar-refractivity contribution is 9.10. The van der Waals surface area contributed by atoms with E-state index >= 15 is 0 Å². The largest absolute Gasteiger partial charge is 0.497 e. The van der Waals surface area contributed by atoms with Gasteiger partial charge < -0.3 is 4.74 Å². The molecule has 2 rings (SSSR count). The van der Waals surface area contributed by atoms with Gasteiger partial charge in [-0.1, -0.05) is 28.4 Å². The molecule has 1 unspecified atom stereocenters. The second kappa shape index (κ2) is 6.37. The van der Waals surface area contributed by atoms with E-state index in [1.807, 2.05) is 19.2 Å². The number of aliphatic imine (C=N–C) groups is 1. The second-order valence-electron chi connectivity index (χ2n) is 4.82. The fourth-order valence-electron chi connectivity index (χ4n) is 2.67. The smallest absolute Gasteiger partial charge is 0.120 e. The zero-order valence-corrected chi connectivity index (χ0v) is 12.7. The van der Waals surface area contributed by atoms with Crippen LogP contribution < -0.4 is 4.74 Å². The molecule has 0 saturated heterocycles. The lowest BCUT2D eigenvalue weighted by molar-refractivity contribution is 0.414. The standard InChI is InChI=1S/C15H20BrNO/c1-17-15-6-4-3-5-12(15)9-11-7-8-13(18-2)10-14(11)16/h7-8,10,12H,3-6,9H2,1-2H3. The van der Waals surface area contributed by atoms with Gasteiger partial charge in [-0.05, 0) is 43.4 Å². The van der Waals surface area contributed by atoms with Gasteiger partial charge in [0, 0.05) is 23.1 Å². The topological polar surface area (TPSA) is 21.6 Å². The van der Waals surface area contributed by atoms with Gasteiger partial charge in [0.2, 0.25) is 0 Å². The van der Waals surface area contributed by atoms with Crippen molar-refractivity contribution in [3.05, 3.63) is 28.2 Å². The van der Waals surface area contributed by atoms with Crippen molar-refractivity contribution in [3.8, 4) is 5.75 Å². The summed E-state index contributed by atoms with van der Waals surface area (Å²) in [7, 11) is 3.63. The number of rotatable bonds is 3. The van der Waals surface area contributed by atoms with Gasteiger partial charge in [0.1, 0.15) is 5.75 Å². The molecule has 1 saturated carbocycles. The maximum absolute atomic E-state index is 5.23. The van der Waals surface area contributed by atoms with Gasteiger partial charge in [0.05, 0.1) is 7.11 Å². The van der Waals surface area contributed by atoms with Gasteiger partial charge in [-0.25, -0.2) is 0 Å². The lowest BCUT2D eigenvalue weighted by Crippen LogP contribution is -2.21. The zero-order valence-electron chi connectivity index (χ0n) is 11.1. The molecule has 0 bridgehead atoms. The van der Waals surface area contributed by atoms with Crippen LogP contribution >= 0.6 is 15.9 Å². The molecular formula is C15H20BrNO. The van der Waals surface area contributed by atoms with Crippen molar-refractivity contribution in [2.24, 2.45) is 10.9 Å². The molecule has 0 aromatic heterocycles. The van der Waals surface area contributed by atoms with Crippen LogP contribution in [0.5, 0.6) is 5.75 Å². The van der Waals surface area contributed by atoms with Crippen LogP contribution in [0.25, 0.3) is 0 Å². The molecule has 98 valence electrons. The third kappa shape index (κ3) is 3.14. The minimum absolute atomic E-state index is 0.619. The Kier molecular flexibility index (Phi) is 4.81. The lowest BCUT2D eigenvalue weighted by atomic mass is 9.83. The van der Waals surface area contributed by atoms with E-state index in [1.165, 1.54) is 37.0 Å². The van der Waals surface area contributed by atoms with Crippen LogP contribution in [0.3, 0.4) is 0 Å². The van der Waals surface area contributed by atoms with Crippen molar-refractivity contribution in [2.45, 2.75) is 32.1 Å². The van der Waals surface area contributed by atoms with E-state index in [-0.39, 0.29) is 0 Å². The molecule has 1 aromatic carbocycles. The van der Waals surface area contributed by atoms with Crippen molar-refractivity contribution < 1.29 is 4.74 Å². The van der Waals surface area contributed by atoms with Gasteiger partial charge in [-0.15, -0.1) is 0 Å². The molecule has 3 heteroatoms. The van der Waals surface area contributed by atoms with E-state index in [9.17, 15) is 0 Å². The van der Waals surface area contributed by atoms with Crippen LogP contribution in [0.2, 0.25) is 0 Å². The van der Waals surface area contributed by atoms with Crippen LogP contribution in [0.1, 0.15) is 31.2 Å². The summed E-state index contributed by atoms with van der Waals surface area (Å²) in [5, 5.41) is 0. The van der Waals surface area contributed by atoms with Crippen LogP contribution in [0, 0.1) is 5.92 Å². The summed E-state index contributed by atoms with van der Waals surface area (Å²) >= 11 is 3.64. The fourth-order valence-corrected chi connectivity index (χ4v) is 3.19. The highest BCUT2D eigenvalue weighted by Crippen LogP contribution is 2.30. The fraction of sp³-hybridized carbons (Fsp3) is 0.533. The molecule has 1 aliphatic rings. The van der Waals surface area contributed by atoms with E-state index in [2.05, 4.69) is 27.0 Å². The van der Waals surface area contributed by atoms with Gasteiger partial charge in [-0.3, -0.25) is 4.99 Å². The first-order valence-corrected chi connectivity index (χ1v) is 7.32. The molecule has 2 nitrogen and oxygen atoms in total. The first-order chi connectivity index (χ1) is 8.74. The molecule has 1 aliphatic carbocycles. The minimum Gasteiger partial charge on any atom is -0.497 e. The number of benzene rings is 1. The summed E-state index contributed by atoms with van der Waals surface area (Å²) in [5.74, 6) is 1.52. The van der Waals surface area contributed by atoms with Crippen molar-refractivity contribution >= 4 is 21.6 Å². The third-order valence-electron chi connectivity index (χ3n) is 3.72. The average Bonchev–Trinajstić information content (AvgIpc) is 2.41. The quantitative estimate of drug-likeness (QED) is 0.817. The Morgan fingerprint density at radius 2 is 2.22 bits per heavy atom. The van der Waals surface area contributed by atoms with Crippen molar-refractivity contribution in [2.75, 3.05) is 14.2 Å². The summed E-state index contributed by atoms with van der Waals surface area (Å²) in [6.45, 7) is 0. The predicted molar refractivity (Wildman–Crippen MR) is 79.7 cm³/mol. The van der Waals surface area contributed by atoms with Crippen LogP contribution in [-0.2, 0) is 6.42 Å². The molecule has 0 N–H and O–H groups in total. The van der Waals surface area contributed by atoms with Crippen LogP contribution in [-0.4, -0.2) is 19.9 Å². The van der Waals surface area contributed by atoms with Crippen LogP contribution in [0.4, 0.5) is 0 Å². The SMILES string of the molecule is CN=C1CCCCC1Cc1ccc(OC)cc1Br. The lowest BCUT2D eigenvalue weighted by Gasteiger charge is -2.24. The normalized spacial score (nSPS) is 22.2. The first-order valence-electron chi connectivity index (χ1n) is 6.52. The van der Waals surface area contributed by atoms with Gasteiger partial charge in [0.25, 0.3) is 0 Å². The maximum atomic E-state index is 5.23.